The van der Waals surface area contributed by atoms with Crippen molar-refractivity contribution >= 4 is 0 Å². The van der Waals surface area contributed by atoms with Gasteiger partial charge < -0.3 is 30.6 Å². The summed E-state index contributed by atoms with van der Waals surface area (Å²) in [6.45, 7) is 0. The normalized spacial score (nSPS) is 4.91. The topological polar surface area (TPSA) is 149 Å². The third-order valence-electron chi connectivity index (χ3n) is 0. The molecule has 0 aromatic carbocycles. The summed E-state index contributed by atoms with van der Waals surface area (Å²) in [6.07, 6.45) is 0. The standard InChI is InChI=1S/2NO3.Ni.O.Zr/c2*2-1(3)4;;;/q2*-1;;;+2. The van der Waals surface area contributed by atoms with E-state index in [4.69, 9.17) is 33.5 Å². The van der Waals surface area contributed by atoms with E-state index >= 15 is 0 Å². The fraction of sp³-hybridized carbons (Fsp3) is 0. The van der Waals surface area contributed by atoms with Crippen molar-refractivity contribution in [3.8, 4) is 0 Å². The van der Waals surface area contributed by atoms with E-state index < -0.39 is 10.2 Å². The Labute approximate surface area is 84.8 Å². The summed E-state index contributed by atoms with van der Waals surface area (Å²) < 4.78 is 8.34. The Morgan fingerprint density at radius 1 is 0.818 bits per heavy atom. The Kier molecular flexibility index (Phi) is 46.2. The van der Waals surface area contributed by atoms with E-state index in [-0.39, 0.29) is 16.5 Å². The van der Waals surface area contributed by atoms with Crippen molar-refractivity contribution in [1.29, 1.82) is 0 Å². The molecule has 0 atom stereocenters. The molecule has 0 rings (SSSR count). The van der Waals surface area contributed by atoms with Crippen molar-refractivity contribution in [2.24, 2.45) is 0 Å². The molecule has 66 valence electrons. The molecule has 0 amide bonds. The fourth-order valence-electron chi connectivity index (χ4n) is 0. The van der Waals surface area contributed by atoms with Gasteiger partial charge in [-0.05, 0) is 0 Å². The van der Waals surface area contributed by atoms with Gasteiger partial charge in [0.2, 0.25) is 0 Å². The van der Waals surface area contributed by atoms with Crippen LogP contribution in [0.15, 0.2) is 0 Å². The van der Waals surface area contributed by atoms with E-state index in [0.29, 0.717) is 24.7 Å². The SMILES string of the molecule is O=[N+]([O-])[O-].O=[N+]([O-])[O-].[Ni].[O]=[Zr+2]. The van der Waals surface area contributed by atoms with E-state index in [0.717, 1.165) is 0 Å². The molecule has 9 nitrogen and oxygen atoms in total. The molecule has 0 saturated carbocycles. The molecular formula is N2NiO7Zr. The molecule has 11 heteroatoms. The van der Waals surface area contributed by atoms with Gasteiger partial charge in [0.1, 0.15) is 0 Å². The number of nitrogens with zero attached hydrogens (tertiary/aromatic N) is 2. The van der Waals surface area contributed by atoms with Crippen LogP contribution < -0.4 is 0 Å². The van der Waals surface area contributed by atoms with Crippen molar-refractivity contribution in [3.05, 3.63) is 30.6 Å². The molecule has 0 heterocycles. The molecule has 0 spiro atoms. The second kappa shape index (κ2) is 22.7. The first-order valence-corrected chi connectivity index (χ1v) is 2.30. The summed E-state index contributed by atoms with van der Waals surface area (Å²) in [5.74, 6) is 0. The Morgan fingerprint density at radius 2 is 0.818 bits per heavy atom. The summed E-state index contributed by atoms with van der Waals surface area (Å²) in [5, 5.41) is 29.5. The third-order valence-corrected chi connectivity index (χ3v) is 0. The van der Waals surface area contributed by atoms with Crippen LogP contribution in [-0.2, 0) is 44.0 Å². The molecule has 0 aliphatic carbocycles. The van der Waals surface area contributed by atoms with Crippen molar-refractivity contribution < 1.29 is 54.2 Å². The van der Waals surface area contributed by atoms with Crippen LogP contribution in [0.4, 0.5) is 0 Å². The molecule has 0 aromatic heterocycles. The Balaban J connectivity index is -0.0000000339. The average molecular weight is 290 g/mol. The third kappa shape index (κ3) is 3070. The van der Waals surface area contributed by atoms with Gasteiger partial charge in [-0.2, -0.15) is 0 Å². The van der Waals surface area contributed by atoms with E-state index in [2.05, 4.69) is 0 Å². The maximum absolute atomic E-state index is 8.34. The minimum absolute atomic E-state index is 0. The van der Waals surface area contributed by atoms with Crippen LogP contribution in [-0.4, -0.2) is 10.2 Å². The van der Waals surface area contributed by atoms with Gasteiger partial charge in [0.25, 0.3) is 0 Å². The van der Waals surface area contributed by atoms with Crippen LogP contribution >= 0.6 is 0 Å². The van der Waals surface area contributed by atoms with Crippen molar-refractivity contribution in [2.75, 3.05) is 0 Å². The summed E-state index contributed by atoms with van der Waals surface area (Å²) in [6, 6.07) is 0. The van der Waals surface area contributed by atoms with Gasteiger partial charge in [0, 0.05) is 16.5 Å². The molecule has 0 aromatic rings. The first kappa shape index (κ1) is 22.4. The fourth-order valence-corrected chi connectivity index (χ4v) is 0. The molecule has 0 aliphatic rings. The van der Waals surface area contributed by atoms with Crippen LogP contribution in [0.25, 0.3) is 0 Å². The summed E-state index contributed by atoms with van der Waals surface area (Å²) in [7, 11) is 0. The molecule has 0 saturated heterocycles. The Bertz CT molecular complexity index is 84.6. The summed E-state index contributed by atoms with van der Waals surface area (Å²) in [4.78, 5) is 16.5. The van der Waals surface area contributed by atoms with Gasteiger partial charge in [-0.3, -0.25) is 0 Å². The molecule has 0 N–H and O–H groups in total. The minimum atomic E-state index is -1.75. The van der Waals surface area contributed by atoms with Crippen LogP contribution in [0.5, 0.6) is 0 Å². The maximum atomic E-state index is 8.34. The van der Waals surface area contributed by atoms with E-state index in [9.17, 15) is 0 Å². The van der Waals surface area contributed by atoms with Gasteiger partial charge >= 0.3 is 27.5 Å². The van der Waals surface area contributed by atoms with E-state index in [1.165, 1.54) is 0 Å². The zero-order chi connectivity index (χ0) is 9.15. The van der Waals surface area contributed by atoms with Crippen LogP contribution in [0.2, 0.25) is 0 Å². The molecule has 0 radical (unpaired) electrons. The van der Waals surface area contributed by atoms with Crippen LogP contribution in [0.1, 0.15) is 0 Å². The van der Waals surface area contributed by atoms with Crippen molar-refractivity contribution in [1.82, 2.24) is 0 Å². The zero-order valence-electron chi connectivity index (χ0n) is 4.57. The van der Waals surface area contributed by atoms with Gasteiger partial charge in [0.05, 0.1) is 10.2 Å². The molecule has 0 aliphatic heterocycles. The number of rotatable bonds is 0. The van der Waals surface area contributed by atoms with Crippen LogP contribution in [0.3, 0.4) is 0 Å². The molecule has 0 fully saturated rings. The Hall–Kier alpha value is -0.423. The van der Waals surface area contributed by atoms with Gasteiger partial charge in [-0.1, -0.05) is 0 Å². The zero-order valence-corrected chi connectivity index (χ0v) is 8.01. The second-order valence-corrected chi connectivity index (χ2v) is 0.447. The average Bonchev–Trinajstić information content (AvgIpc) is 1.66. The molecule has 0 bridgehead atoms. The summed E-state index contributed by atoms with van der Waals surface area (Å²) in [5.41, 5.74) is 0. The number of hydrogen-bond acceptors (Lipinski definition) is 7. The second-order valence-electron chi connectivity index (χ2n) is 0.447. The van der Waals surface area contributed by atoms with E-state index in [1.54, 1.807) is 0 Å². The molecule has 11 heavy (non-hydrogen) atoms. The van der Waals surface area contributed by atoms with Gasteiger partial charge in [-0.15, -0.1) is 0 Å². The monoisotopic (exact) mass is 288 g/mol. The predicted molar refractivity (Wildman–Crippen MR) is 21.4 cm³/mol. The van der Waals surface area contributed by atoms with Crippen molar-refractivity contribution in [2.45, 2.75) is 0 Å². The van der Waals surface area contributed by atoms with E-state index in [1.807, 2.05) is 0 Å². The quantitative estimate of drug-likeness (QED) is 0.328. The summed E-state index contributed by atoms with van der Waals surface area (Å²) >= 11 is 0.300. The first-order chi connectivity index (χ1) is 4.46. The Morgan fingerprint density at radius 3 is 0.818 bits per heavy atom. The predicted octanol–water partition coefficient (Wildman–Crippen LogP) is -0.602. The van der Waals surface area contributed by atoms with Crippen molar-refractivity contribution in [3.63, 3.8) is 0 Å². The molecular weight excluding hydrogens is 290 g/mol. The van der Waals surface area contributed by atoms with Gasteiger partial charge in [-0.25, -0.2) is 0 Å². The number of hydrogen-bond donors (Lipinski definition) is 0. The van der Waals surface area contributed by atoms with Gasteiger partial charge in [0.15, 0.2) is 0 Å². The molecule has 0 unspecified atom stereocenters. The first-order valence-electron chi connectivity index (χ1n) is 1.30. The van der Waals surface area contributed by atoms with Crippen LogP contribution in [0, 0.1) is 30.6 Å².